The Morgan fingerprint density at radius 1 is 1.46 bits per heavy atom. The lowest BCUT2D eigenvalue weighted by molar-refractivity contribution is -0.122. The van der Waals surface area contributed by atoms with Gasteiger partial charge in [-0.05, 0) is 0 Å². The summed E-state index contributed by atoms with van der Waals surface area (Å²) in [6.45, 7) is 1.65. The Bertz CT molecular complexity index is 377. The number of amides is 1. The molecule has 13 heavy (non-hydrogen) atoms. The predicted molar refractivity (Wildman–Crippen MR) is 41.1 cm³/mol. The summed E-state index contributed by atoms with van der Waals surface area (Å²) < 4.78 is 0. The van der Waals surface area contributed by atoms with Crippen molar-refractivity contribution in [2.75, 3.05) is 0 Å². The SMILES string of the molecule is CC1C2(C#N)C(=N)NC(=O)C12C#N. The fourth-order valence-corrected chi connectivity index (χ4v) is 2.24. The van der Waals surface area contributed by atoms with Crippen LogP contribution in [0, 0.1) is 44.8 Å². The molecule has 0 spiro atoms. The molecule has 0 aromatic heterocycles. The third-order valence-corrected chi connectivity index (χ3v) is 3.18. The van der Waals surface area contributed by atoms with Gasteiger partial charge in [0, 0.05) is 5.92 Å². The summed E-state index contributed by atoms with van der Waals surface area (Å²) in [6.07, 6.45) is 0. The highest BCUT2D eigenvalue weighted by atomic mass is 16.2. The lowest BCUT2D eigenvalue weighted by atomic mass is 9.98. The number of nitriles is 2. The van der Waals surface area contributed by atoms with Crippen molar-refractivity contribution in [3.8, 4) is 12.1 Å². The highest BCUT2D eigenvalue weighted by Crippen LogP contribution is 2.71. The number of hydrogen-bond acceptors (Lipinski definition) is 4. The average Bonchev–Trinajstić information content (AvgIpc) is 2.56. The van der Waals surface area contributed by atoms with Crippen molar-refractivity contribution in [1.82, 2.24) is 5.32 Å². The maximum atomic E-state index is 11.3. The lowest BCUT2D eigenvalue weighted by Gasteiger charge is -2.02. The van der Waals surface area contributed by atoms with Crippen LogP contribution < -0.4 is 5.32 Å². The van der Waals surface area contributed by atoms with E-state index in [1.54, 1.807) is 6.92 Å². The Hall–Kier alpha value is -1.88. The van der Waals surface area contributed by atoms with Crippen LogP contribution in [0.15, 0.2) is 0 Å². The van der Waals surface area contributed by atoms with Crippen LogP contribution in [0.2, 0.25) is 0 Å². The van der Waals surface area contributed by atoms with Crippen LogP contribution in [-0.4, -0.2) is 11.7 Å². The number of amidine groups is 1. The van der Waals surface area contributed by atoms with Gasteiger partial charge in [-0.15, -0.1) is 0 Å². The molecule has 1 saturated carbocycles. The molecular weight excluding hydrogens is 168 g/mol. The minimum Gasteiger partial charge on any atom is -0.312 e. The quantitative estimate of drug-likeness (QED) is 0.530. The summed E-state index contributed by atoms with van der Waals surface area (Å²) >= 11 is 0. The minimum absolute atomic E-state index is 0.131. The Balaban J connectivity index is 2.65. The molecule has 1 heterocycles. The minimum atomic E-state index is -1.29. The zero-order valence-corrected chi connectivity index (χ0v) is 6.88. The van der Waals surface area contributed by atoms with Crippen LogP contribution in [0.4, 0.5) is 0 Å². The van der Waals surface area contributed by atoms with Crippen LogP contribution in [0.5, 0.6) is 0 Å². The third kappa shape index (κ3) is 0.436. The van der Waals surface area contributed by atoms with E-state index in [0.29, 0.717) is 0 Å². The number of nitrogens with one attached hydrogen (secondary N) is 2. The van der Waals surface area contributed by atoms with Crippen molar-refractivity contribution < 1.29 is 4.79 Å². The van der Waals surface area contributed by atoms with Crippen LogP contribution in [0.3, 0.4) is 0 Å². The van der Waals surface area contributed by atoms with Gasteiger partial charge < -0.3 is 5.32 Å². The fourth-order valence-electron chi connectivity index (χ4n) is 2.24. The molecule has 64 valence electrons. The number of carbonyl (C=O) groups excluding carboxylic acids is 1. The second-order valence-electron chi connectivity index (χ2n) is 3.39. The van der Waals surface area contributed by atoms with Crippen LogP contribution in [0.1, 0.15) is 6.92 Å². The highest BCUT2D eigenvalue weighted by Gasteiger charge is 2.87. The first-order valence-electron chi connectivity index (χ1n) is 3.81. The van der Waals surface area contributed by atoms with Gasteiger partial charge in [0.2, 0.25) is 5.91 Å². The zero-order chi connectivity index (χ0) is 9.85. The smallest absolute Gasteiger partial charge is 0.248 e. The highest BCUT2D eigenvalue weighted by molar-refractivity contribution is 6.19. The summed E-state index contributed by atoms with van der Waals surface area (Å²) in [4.78, 5) is 11.3. The normalized spacial score (nSPS) is 45.9. The monoisotopic (exact) mass is 174 g/mol. The summed E-state index contributed by atoms with van der Waals surface area (Å²) in [5.41, 5.74) is -2.49. The second kappa shape index (κ2) is 1.72. The van der Waals surface area contributed by atoms with E-state index >= 15 is 0 Å². The van der Waals surface area contributed by atoms with Gasteiger partial charge in [-0.1, -0.05) is 6.92 Å². The summed E-state index contributed by atoms with van der Waals surface area (Å²) in [6, 6.07) is 3.77. The van der Waals surface area contributed by atoms with Gasteiger partial charge in [0.1, 0.15) is 11.3 Å². The molecule has 1 amide bonds. The van der Waals surface area contributed by atoms with Crippen LogP contribution in [0.25, 0.3) is 0 Å². The number of carbonyl (C=O) groups is 1. The van der Waals surface area contributed by atoms with Gasteiger partial charge in [-0.25, -0.2) is 0 Å². The molecule has 2 aliphatic rings. The van der Waals surface area contributed by atoms with E-state index in [1.807, 2.05) is 12.1 Å². The van der Waals surface area contributed by atoms with E-state index in [4.69, 9.17) is 15.9 Å². The van der Waals surface area contributed by atoms with Crippen molar-refractivity contribution in [2.45, 2.75) is 6.92 Å². The molecule has 1 aliphatic heterocycles. The number of fused-ring (bicyclic) bond motifs is 1. The molecule has 5 nitrogen and oxygen atoms in total. The molecule has 1 saturated heterocycles. The molecule has 0 aromatic rings. The van der Waals surface area contributed by atoms with E-state index in [0.717, 1.165) is 0 Å². The molecular formula is C8H6N4O. The molecule has 1 aliphatic carbocycles. The third-order valence-electron chi connectivity index (χ3n) is 3.18. The largest absolute Gasteiger partial charge is 0.312 e. The second-order valence-corrected chi connectivity index (χ2v) is 3.39. The van der Waals surface area contributed by atoms with Crippen LogP contribution in [-0.2, 0) is 4.79 Å². The maximum Gasteiger partial charge on any atom is 0.248 e. The Morgan fingerprint density at radius 2 is 2.00 bits per heavy atom. The molecule has 2 rings (SSSR count). The Kier molecular flexibility index (Phi) is 1.03. The zero-order valence-electron chi connectivity index (χ0n) is 6.88. The Morgan fingerprint density at radius 3 is 2.31 bits per heavy atom. The molecule has 0 radical (unpaired) electrons. The Labute approximate surface area is 74.5 Å². The van der Waals surface area contributed by atoms with Crippen molar-refractivity contribution in [3.05, 3.63) is 0 Å². The van der Waals surface area contributed by atoms with E-state index in [1.165, 1.54) is 0 Å². The lowest BCUT2D eigenvalue weighted by Crippen LogP contribution is -2.31. The first-order chi connectivity index (χ1) is 6.07. The van der Waals surface area contributed by atoms with Crippen LogP contribution >= 0.6 is 0 Å². The summed E-state index contributed by atoms with van der Waals surface area (Å²) in [7, 11) is 0. The number of nitrogens with zero attached hydrogens (tertiary/aromatic N) is 2. The van der Waals surface area contributed by atoms with Gasteiger partial charge in [0.25, 0.3) is 0 Å². The van der Waals surface area contributed by atoms with E-state index in [9.17, 15) is 4.79 Å². The predicted octanol–water partition coefficient (Wildman–Crippen LogP) is -0.237. The molecule has 5 heteroatoms. The number of piperidine rings is 1. The van der Waals surface area contributed by atoms with Gasteiger partial charge in [-0.2, -0.15) is 10.5 Å². The first kappa shape index (κ1) is 7.75. The molecule has 0 bridgehead atoms. The standard InChI is InChI=1S/C8H6N4O/c1-4-7(2-9)5(11)12-6(13)8(4,7)3-10/h4H,1H3,(H2,11,12,13). The topological polar surface area (TPSA) is 101 Å². The number of hydrogen-bond donors (Lipinski definition) is 2. The summed E-state index contributed by atoms with van der Waals surface area (Å²) in [5, 5.41) is 27.4. The first-order valence-corrected chi connectivity index (χ1v) is 3.81. The van der Waals surface area contributed by atoms with E-state index in [-0.39, 0.29) is 11.8 Å². The molecule has 3 unspecified atom stereocenters. The summed E-state index contributed by atoms with van der Waals surface area (Å²) in [5.74, 6) is -1.00. The fraction of sp³-hybridized carbons (Fsp3) is 0.500. The van der Waals surface area contributed by atoms with E-state index in [2.05, 4.69) is 5.32 Å². The molecule has 0 aromatic carbocycles. The van der Waals surface area contributed by atoms with E-state index < -0.39 is 16.7 Å². The molecule has 2 N–H and O–H groups in total. The molecule has 2 fully saturated rings. The maximum absolute atomic E-state index is 11.3. The molecule has 3 atom stereocenters. The van der Waals surface area contributed by atoms with Crippen molar-refractivity contribution in [2.24, 2.45) is 16.7 Å². The van der Waals surface area contributed by atoms with Gasteiger partial charge >= 0.3 is 0 Å². The van der Waals surface area contributed by atoms with Gasteiger partial charge in [0.05, 0.1) is 12.1 Å². The average molecular weight is 174 g/mol. The number of rotatable bonds is 0. The van der Waals surface area contributed by atoms with Crippen molar-refractivity contribution in [1.29, 1.82) is 15.9 Å². The van der Waals surface area contributed by atoms with Crippen molar-refractivity contribution in [3.63, 3.8) is 0 Å². The van der Waals surface area contributed by atoms with Crippen molar-refractivity contribution >= 4 is 11.7 Å². The van der Waals surface area contributed by atoms with Gasteiger partial charge in [0.15, 0.2) is 5.41 Å². The van der Waals surface area contributed by atoms with Gasteiger partial charge in [-0.3, -0.25) is 10.2 Å².